The summed E-state index contributed by atoms with van der Waals surface area (Å²) >= 11 is 5.94. The highest BCUT2D eigenvalue weighted by atomic mass is 35.5. The molecule has 0 aliphatic heterocycles. The van der Waals surface area contributed by atoms with Crippen LogP contribution >= 0.6 is 11.6 Å². The van der Waals surface area contributed by atoms with Crippen LogP contribution in [0.25, 0.3) is 0 Å². The summed E-state index contributed by atoms with van der Waals surface area (Å²) < 4.78 is 0. The van der Waals surface area contributed by atoms with Crippen LogP contribution in [0.3, 0.4) is 0 Å². The summed E-state index contributed by atoms with van der Waals surface area (Å²) in [7, 11) is 0. The molecule has 2 N–H and O–H groups in total. The minimum atomic E-state index is -0.191. The lowest BCUT2D eigenvalue weighted by Crippen LogP contribution is -1.82. The number of para-hydroxylation sites is 2. The summed E-state index contributed by atoms with van der Waals surface area (Å²) in [4.78, 5) is 4.15. The van der Waals surface area contributed by atoms with Gasteiger partial charge in [0.15, 0.2) is 11.5 Å². The van der Waals surface area contributed by atoms with Crippen LogP contribution < -0.4 is 0 Å². The summed E-state index contributed by atoms with van der Waals surface area (Å²) in [5, 5.41) is 19.4. The van der Waals surface area contributed by atoms with Gasteiger partial charge in [0, 0.05) is 11.8 Å². The molecular formula is C13H10ClNO2. The molecule has 0 atom stereocenters. The molecule has 0 saturated heterocycles. The van der Waals surface area contributed by atoms with Crippen molar-refractivity contribution in [1.82, 2.24) is 0 Å². The molecule has 3 nitrogen and oxygen atoms in total. The van der Waals surface area contributed by atoms with Crippen molar-refractivity contribution < 1.29 is 10.2 Å². The summed E-state index contributed by atoms with van der Waals surface area (Å²) in [6.07, 6.45) is 1.45. The lowest BCUT2D eigenvalue weighted by atomic mass is 10.2. The van der Waals surface area contributed by atoms with Crippen LogP contribution in [0.5, 0.6) is 11.5 Å². The van der Waals surface area contributed by atoms with Crippen molar-refractivity contribution in [3.8, 4) is 11.5 Å². The second kappa shape index (κ2) is 4.89. The highest BCUT2D eigenvalue weighted by Gasteiger charge is 2.03. The van der Waals surface area contributed by atoms with Crippen molar-refractivity contribution in [3.63, 3.8) is 0 Å². The number of benzene rings is 2. The summed E-state index contributed by atoms with van der Waals surface area (Å²) in [6, 6.07) is 11.8. The number of halogens is 1. The first-order chi connectivity index (χ1) is 8.18. The second-order valence-electron chi connectivity index (χ2n) is 3.42. The van der Waals surface area contributed by atoms with Crippen molar-refractivity contribution >= 4 is 23.5 Å². The van der Waals surface area contributed by atoms with E-state index in [4.69, 9.17) is 11.6 Å². The lowest BCUT2D eigenvalue weighted by molar-refractivity contribution is 0.403. The standard InChI is InChI=1S/C13H10ClNO2/c14-10-5-1-2-6-11(10)15-8-9-4-3-7-12(16)13(9)17/h1-8,16-17H. The monoisotopic (exact) mass is 247 g/mol. The molecule has 0 aliphatic rings. The van der Waals surface area contributed by atoms with Gasteiger partial charge in [0.1, 0.15) is 0 Å². The Morgan fingerprint density at radius 2 is 1.76 bits per heavy atom. The largest absolute Gasteiger partial charge is 0.504 e. The van der Waals surface area contributed by atoms with Crippen molar-refractivity contribution in [3.05, 3.63) is 53.1 Å². The van der Waals surface area contributed by atoms with Crippen molar-refractivity contribution in [2.75, 3.05) is 0 Å². The number of nitrogens with zero attached hydrogens (tertiary/aromatic N) is 1. The first kappa shape index (κ1) is 11.5. The van der Waals surface area contributed by atoms with Gasteiger partial charge in [-0.1, -0.05) is 29.8 Å². The van der Waals surface area contributed by atoms with Gasteiger partial charge < -0.3 is 10.2 Å². The smallest absolute Gasteiger partial charge is 0.166 e. The van der Waals surface area contributed by atoms with Crippen molar-refractivity contribution in [2.24, 2.45) is 4.99 Å². The first-order valence-electron chi connectivity index (χ1n) is 4.98. The molecule has 0 bridgehead atoms. The molecule has 0 heterocycles. The van der Waals surface area contributed by atoms with Crippen LogP contribution in [0, 0.1) is 0 Å². The van der Waals surface area contributed by atoms with E-state index in [1.807, 2.05) is 12.1 Å². The van der Waals surface area contributed by atoms with E-state index >= 15 is 0 Å². The Morgan fingerprint density at radius 3 is 2.53 bits per heavy atom. The van der Waals surface area contributed by atoms with E-state index in [1.165, 1.54) is 12.3 Å². The third-order valence-corrected chi connectivity index (χ3v) is 2.56. The molecule has 17 heavy (non-hydrogen) atoms. The maximum Gasteiger partial charge on any atom is 0.166 e. The molecule has 2 aromatic rings. The first-order valence-corrected chi connectivity index (χ1v) is 5.36. The van der Waals surface area contributed by atoms with Gasteiger partial charge in [-0.15, -0.1) is 0 Å². The van der Waals surface area contributed by atoms with Crippen LogP contribution in [0.1, 0.15) is 5.56 Å². The molecule has 2 aromatic carbocycles. The van der Waals surface area contributed by atoms with Crippen LogP contribution in [-0.4, -0.2) is 16.4 Å². The number of aliphatic imine (C=N–C) groups is 1. The minimum absolute atomic E-state index is 0.173. The zero-order chi connectivity index (χ0) is 12.3. The van der Waals surface area contributed by atoms with Gasteiger partial charge >= 0.3 is 0 Å². The number of hydrogen-bond acceptors (Lipinski definition) is 3. The van der Waals surface area contributed by atoms with E-state index in [0.29, 0.717) is 16.3 Å². The number of aromatic hydroxyl groups is 2. The molecule has 0 aliphatic carbocycles. The van der Waals surface area contributed by atoms with Gasteiger partial charge in [-0.3, -0.25) is 4.99 Å². The highest BCUT2D eigenvalue weighted by molar-refractivity contribution is 6.33. The molecule has 0 aromatic heterocycles. The third kappa shape index (κ3) is 2.57. The molecule has 0 saturated carbocycles. The van der Waals surface area contributed by atoms with E-state index in [9.17, 15) is 10.2 Å². The van der Waals surface area contributed by atoms with Crippen molar-refractivity contribution in [2.45, 2.75) is 0 Å². The maximum absolute atomic E-state index is 9.57. The van der Waals surface area contributed by atoms with E-state index in [2.05, 4.69) is 4.99 Å². The fraction of sp³-hybridized carbons (Fsp3) is 0. The number of hydrogen-bond donors (Lipinski definition) is 2. The molecule has 2 rings (SSSR count). The predicted octanol–water partition coefficient (Wildman–Crippen LogP) is 3.50. The lowest BCUT2D eigenvalue weighted by Gasteiger charge is -2.01. The van der Waals surface area contributed by atoms with Gasteiger partial charge in [0.2, 0.25) is 0 Å². The highest BCUT2D eigenvalue weighted by Crippen LogP contribution is 2.28. The van der Waals surface area contributed by atoms with E-state index in [1.54, 1.807) is 24.3 Å². The fourth-order valence-corrected chi connectivity index (χ4v) is 1.53. The number of rotatable bonds is 2. The molecule has 86 valence electrons. The quantitative estimate of drug-likeness (QED) is 0.630. The van der Waals surface area contributed by atoms with Gasteiger partial charge in [-0.05, 0) is 24.3 Å². The van der Waals surface area contributed by atoms with Crippen LogP contribution in [0.4, 0.5) is 5.69 Å². The number of phenolic OH excluding ortho intramolecular Hbond substituents is 2. The summed E-state index contributed by atoms with van der Waals surface area (Å²) in [5.74, 6) is -0.364. The third-order valence-electron chi connectivity index (χ3n) is 2.24. The van der Waals surface area contributed by atoms with Gasteiger partial charge in [-0.2, -0.15) is 0 Å². The second-order valence-corrected chi connectivity index (χ2v) is 3.83. The van der Waals surface area contributed by atoms with Crippen LogP contribution in [0.2, 0.25) is 5.02 Å². The van der Waals surface area contributed by atoms with E-state index in [0.717, 1.165) is 0 Å². The Balaban J connectivity index is 2.33. The molecule has 0 spiro atoms. The Bertz CT molecular complexity index is 567. The maximum atomic E-state index is 9.57. The van der Waals surface area contributed by atoms with Crippen LogP contribution in [-0.2, 0) is 0 Å². The van der Waals surface area contributed by atoms with E-state index in [-0.39, 0.29) is 11.5 Å². The summed E-state index contributed by atoms with van der Waals surface area (Å²) in [6.45, 7) is 0. The summed E-state index contributed by atoms with van der Waals surface area (Å²) in [5.41, 5.74) is 1.04. The fourth-order valence-electron chi connectivity index (χ4n) is 1.35. The average molecular weight is 248 g/mol. The van der Waals surface area contributed by atoms with E-state index < -0.39 is 0 Å². The molecule has 0 fully saturated rings. The Labute approximate surface area is 104 Å². The Kier molecular flexibility index (Phi) is 3.30. The molecule has 0 amide bonds. The minimum Gasteiger partial charge on any atom is -0.504 e. The Hall–Kier alpha value is -2.00. The van der Waals surface area contributed by atoms with Crippen molar-refractivity contribution in [1.29, 1.82) is 0 Å². The predicted molar refractivity (Wildman–Crippen MR) is 68.5 cm³/mol. The zero-order valence-corrected chi connectivity index (χ0v) is 9.59. The molecule has 0 unspecified atom stereocenters. The zero-order valence-electron chi connectivity index (χ0n) is 8.84. The Morgan fingerprint density at radius 1 is 1.00 bits per heavy atom. The van der Waals surface area contributed by atoms with Gasteiger partial charge in [0.25, 0.3) is 0 Å². The van der Waals surface area contributed by atoms with Gasteiger partial charge in [0.05, 0.1) is 10.7 Å². The van der Waals surface area contributed by atoms with Crippen LogP contribution in [0.15, 0.2) is 47.5 Å². The SMILES string of the molecule is Oc1cccc(C=Nc2ccccc2Cl)c1O. The molecular weight excluding hydrogens is 238 g/mol. The topological polar surface area (TPSA) is 52.8 Å². The normalized spacial score (nSPS) is 10.9. The molecule has 0 radical (unpaired) electrons. The van der Waals surface area contributed by atoms with Gasteiger partial charge in [-0.25, -0.2) is 0 Å². The molecule has 4 heteroatoms. The average Bonchev–Trinajstić information content (AvgIpc) is 2.33. The number of phenols is 2.